The van der Waals surface area contributed by atoms with Crippen molar-refractivity contribution in [1.29, 1.82) is 10.7 Å². The van der Waals surface area contributed by atoms with Gasteiger partial charge in [-0.1, -0.05) is 30.3 Å². The van der Waals surface area contributed by atoms with Crippen LogP contribution in [-0.2, 0) is 6.54 Å². The zero-order valence-electron chi connectivity index (χ0n) is 11.2. The SMILES string of the molecule is N#Cc1c(-c2ccccc2)cc2n(c1=N)CCCCN2. The lowest BCUT2D eigenvalue weighted by atomic mass is 10.0. The van der Waals surface area contributed by atoms with Crippen molar-refractivity contribution in [3.8, 4) is 17.2 Å². The summed E-state index contributed by atoms with van der Waals surface area (Å²) < 4.78 is 1.90. The summed E-state index contributed by atoms with van der Waals surface area (Å²) in [6.07, 6.45) is 2.12. The summed E-state index contributed by atoms with van der Waals surface area (Å²) in [5.41, 5.74) is 2.56. The van der Waals surface area contributed by atoms with E-state index in [1.165, 1.54) is 0 Å². The molecule has 0 saturated carbocycles. The van der Waals surface area contributed by atoms with Crippen LogP contribution in [0.3, 0.4) is 0 Å². The first-order chi connectivity index (χ1) is 9.81. The number of pyridine rings is 1. The molecular formula is C16H16N4. The van der Waals surface area contributed by atoms with E-state index < -0.39 is 0 Å². The maximum Gasteiger partial charge on any atom is 0.145 e. The normalized spacial score (nSPS) is 13.8. The lowest BCUT2D eigenvalue weighted by molar-refractivity contribution is 0.624. The van der Waals surface area contributed by atoms with Gasteiger partial charge in [0.25, 0.3) is 0 Å². The minimum Gasteiger partial charge on any atom is -0.371 e. The van der Waals surface area contributed by atoms with Crippen LogP contribution in [0.1, 0.15) is 18.4 Å². The molecule has 2 N–H and O–H groups in total. The van der Waals surface area contributed by atoms with Crippen molar-refractivity contribution >= 4 is 5.82 Å². The number of nitrogens with one attached hydrogen (secondary N) is 2. The van der Waals surface area contributed by atoms with Crippen molar-refractivity contribution in [3.05, 3.63) is 47.4 Å². The maximum atomic E-state index is 9.43. The van der Waals surface area contributed by atoms with Gasteiger partial charge in [0.2, 0.25) is 0 Å². The average molecular weight is 264 g/mol. The molecule has 0 spiro atoms. The highest BCUT2D eigenvalue weighted by Gasteiger charge is 2.15. The quantitative estimate of drug-likeness (QED) is 0.831. The van der Waals surface area contributed by atoms with Crippen LogP contribution in [-0.4, -0.2) is 11.1 Å². The molecule has 0 radical (unpaired) electrons. The Morgan fingerprint density at radius 1 is 1.20 bits per heavy atom. The molecule has 20 heavy (non-hydrogen) atoms. The first-order valence-electron chi connectivity index (χ1n) is 6.83. The highest BCUT2D eigenvalue weighted by molar-refractivity contribution is 5.72. The molecule has 1 aliphatic heterocycles. The third kappa shape index (κ3) is 2.08. The van der Waals surface area contributed by atoms with Crippen LogP contribution >= 0.6 is 0 Å². The van der Waals surface area contributed by atoms with Crippen molar-refractivity contribution in [2.24, 2.45) is 0 Å². The standard InChI is InChI=1S/C16H16N4/c17-11-14-13(12-6-2-1-3-7-12)10-15-19-8-4-5-9-20(15)16(14)18/h1-3,6-7,10,18-19H,4-5,8-9H2. The molecule has 1 aromatic carbocycles. The number of nitrogens with zero attached hydrogens (tertiary/aromatic N) is 2. The monoisotopic (exact) mass is 264 g/mol. The van der Waals surface area contributed by atoms with Gasteiger partial charge in [-0.3, -0.25) is 5.41 Å². The number of anilines is 1. The molecule has 0 saturated heterocycles. The predicted octanol–water partition coefficient (Wildman–Crippen LogP) is 2.71. The van der Waals surface area contributed by atoms with Gasteiger partial charge < -0.3 is 9.88 Å². The van der Waals surface area contributed by atoms with Gasteiger partial charge in [-0.05, 0) is 24.5 Å². The van der Waals surface area contributed by atoms with Crippen LogP contribution in [0.2, 0.25) is 0 Å². The van der Waals surface area contributed by atoms with E-state index in [0.717, 1.165) is 42.9 Å². The first-order valence-corrected chi connectivity index (χ1v) is 6.83. The topological polar surface area (TPSA) is 64.6 Å². The second kappa shape index (κ2) is 5.22. The number of rotatable bonds is 1. The Labute approximate surface area is 117 Å². The van der Waals surface area contributed by atoms with Crippen LogP contribution < -0.4 is 10.8 Å². The van der Waals surface area contributed by atoms with Gasteiger partial charge in [-0.2, -0.15) is 5.26 Å². The molecule has 2 aromatic rings. The number of benzene rings is 1. The van der Waals surface area contributed by atoms with Gasteiger partial charge in [0.05, 0.1) is 0 Å². The second-order valence-corrected chi connectivity index (χ2v) is 4.93. The van der Waals surface area contributed by atoms with E-state index in [-0.39, 0.29) is 0 Å². The first kappa shape index (κ1) is 12.5. The molecule has 100 valence electrons. The van der Waals surface area contributed by atoms with Crippen LogP contribution in [0.25, 0.3) is 11.1 Å². The molecule has 1 aromatic heterocycles. The fourth-order valence-electron chi connectivity index (χ4n) is 2.62. The Balaban J connectivity index is 2.26. The largest absolute Gasteiger partial charge is 0.371 e. The van der Waals surface area contributed by atoms with Gasteiger partial charge >= 0.3 is 0 Å². The second-order valence-electron chi connectivity index (χ2n) is 4.93. The van der Waals surface area contributed by atoms with E-state index in [9.17, 15) is 5.26 Å². The summed E-state index contributed by atoms with van der Waals surface area (Å²) in [6.45, 7) is 1.71. The molecule has 0 fully saturated rings. The van der Waals surface area contributed by atoms with E-state index in [4.69, 9.17) is 5.41 Å². The molecule has 1 aliphatic rings. The van der Waals surface area contributed by atoms with Crippen LogP contribution in [0.4, 0.5) is 5.82 Å². The highest BCUT2D eigenvalue weighted by atomic mass is 15.1. The lowest BCUT2D eigenvalue weighted by Gasteiger charge is -2.15. The van der Waals surface area contributed by atoms with Crippen LogP contribution in [0.15, 0.2) is 36.4 Å². The van der Waals surface area contributed by atoms with Crippen molar-refractivity contribution in [3.63, 3.8) is 0 Å². The molecule has 4 heteroatoms. The molecule has 0 unspecified atom stereocenters. The number of nitriles is 1. The molecule has 2 heterocycles. The fraction of sp³-hybridized carbons (Fsp3) is 0.250. The summed E-state index contributed by atoms with van der Waals surface area (Å²) >= 11 is 0. The number of hydrogen-bond acceptors (Lipinski definition) is 3. The summed E-state index contributed by atoms with van der Waals surface area (Å²) in [5, 5.41) is 21.1. The zero-order valence-corrected chi connectivity index (χ0v) is 11.2. The van der Waals surface area contributed by atoms with Gasteiger partial charge in [-0.15, -0.1) is 0 Å². The maximum absolute atomic E-state index is 9.43. The molecular weight excluding hydrogens is 248 g/mol. The molecule has 3 rings (SSSR count). The number of aromatic nitrogens is 1. The molecule has 0 aliphatic carbocycles. The third-order valence-electron chi connectivity index (χ3n) is 3.66. The number of hydrogen-bond donors (Lipinski definition) is 2. The summed E-state index contributed by atoms with van der Waals surface area (Å²) in [4.78, 5) is 0. The fourth-order valence-corrected chi connectivity index (χ4v) is 2.62. The Morgan fingerprint density at radius 3 is 2.75 bits per heavy atom. The Kier molecular flexibility index (Phi) is 3.26. The van der Waals surface area contributed by atoms with E-state index in [0.29, 0.717) is 11.1 Å². The van der Waals surface area contributed by atoms with Gasteiger partial charge in [0.1, 0.15) is 22.9 Å². The predicted molar refractivity (Wildman–Crippen MR) is 78.2 cm³/mol. The highest BCUT2D eigenvalue weighted by Crippen LogP contribution is 2.25. The van der Waals surface area contributed by atoms with E-state index in [2.05, 4.69) is 11.4 Å². The van der Waals surface area contributed by atoms with E-state index in [1.54, 1.807) is 0 Å². The van der Waals surface area contributed by atoms with Crippen molar-refractivity contribution in [2.45, 2.75) is 19.4 Å². The minimum absolute atomic E-state index is 0.304. The minimum atomic E-state index is 0.304. The summed E-state index contributed by atoms with van der Waals surface area (Å²) in [7, 11) is 0. The molecule has 0 atom stereocenters. The summed E-state index contributed by atoms with van der Waals surface area (Å²) in [6, 6.07) is 14.0. The third-order valence-corrected chi connectivity index (χ3v) is 3.66. The van der Waals surface area contributed by atoms with E-state index >= 15 is 0 Å². The van der Waals surface area contributed by atoms with E-state index in [1.807, 2.05) is 41.0 Å². The van der Waals surface area contributed by atoms with Gasteiger partial charge in [0.15, 0.2) is 0 Å². The summed E-state index contributed by atoms with van der Waals surface area (Å²) in [5.74, 6) is 0.936. The smallest absolute Gasteiger partial charge is 0.145 e. The Bertz CT molecular complexity index is 723. The molecule has 0 amide bonds. The van der Waals surface area contributed by atoms with Crippen molar-refractivity contribution in [1.82, 2.24) is 4.57 Å². The van der Waals surface area contributed by atoms with Crippen molar-refractivity contribution in [2.75, 3.05) is 11.9 Å². The van der Waals surface area contributed by atoms with Crippen LogP contribution in [0.5, 0.6) is 0 Å². The Hall–Kier alpha value is -2.54. The Morgan fingerprint density at radius 2 is 2.00 bits per heavy atom. The molecule has 0 bridgehead atoms. The van der Waals surface area contributed by atoms with Crippen LogP contribution in [0, 0.1) is 16.7 Å². The van der Waals surface area contributed by atoms with Gasteiger partial charge in [0, 0.05) is 18.7 Å². The molecule has 4 nitrogen and oxygen atoms in total. The van der Waals surface area contributed by atoms with Gasteiger partial charge in [-0.25, -0.2) is 0 Å². The zero-order chi connectivity index (χ0) is 13.9. The lowest BCUT2D eigenvalue weighted by Crippen LogP contribution is -2.25. The van der Waals surface area contributed by atoms with Crippen molar-refractivity contribution < 1.29 is 0 Å². The number of fused-ring (bicyclic) bond motifs is 1. The average Bonchev–Trinajstić information content (AvgIpc) is 2.73.